The summed E-state index contributed by atoms with van der Waals surface area (Å²) in [7, 11) is 0. The van der Waals surface area contributed by atoms with Gasteiger partial charge in [-0.15, -0.1) is 0 Å². The van der Waals surface area contributed by atoms with Crippen molar-refractivity contribution >= 4 is 23.6 Å². The number of carbonyl (C=O) groups excluding carboxylic acids is 4. The first-order chi connectivity index (χ1) is 17.2. The SMILES string of the molecule is CCCCCC(=O)N[C@@H](Cc1ccc(O)cc1)C(=O)N[C@H](C(=O)NCCCCCC(N)=O)[C@@H](C)CC. The van der Waals surface area contributed by atoms with E-state index in [2.05, 4.69) is 22.9 Å². The van der Waals surface area contributed by atoms with Crippen molar-refractivity contribution in [1.29, 1.82) is 0 Å². The molecule has 0 heterocycles. The number of amides is 4. The highest BCUT2D eigenvalue weighted by Crippen LogP contribution is 2.13. The second-order valence-electron chi connectivity index (χ2n) is 9.39. The number of phenols is 1. The smallest absolute Gasteiger partial charge is 0.243 e. The lowest BCUT2D eigenvalue weighted by Crippen LogP contribution is -2.56. The van der Waals surface area contributed by atoms with Crippen LogP contribution in [0.5, 0.6) is 5.75 Å². The van der Waals surface area contributed by atoms with Gasteiger partial charge in [-0.3, -0.25) is 19.2 Å². The zero-order valence-corrected chi connectivity index (χ0v) is 22.0. The molecule has 0 spiro atoms. The van der Waals surface area contributed by atoms with Crippen LogP contribution < -0.4 is 21.7 Å². The van der Waals surface area contributed by atoms with Gasteiger partial charge in [0.1, 0.15) is 17.8 Å². The van der Waals surface area contributed by atoms with Crippen LogP contribution in [0.2, 0.25) is 0 Å². The molecule has 0 saturated carbocycles. The molecular weight excluding hydrogens is 460 g/mol. The van der Waals surface area contributed by atoms with E-state index in [0.29, 0.717) is 38.6 Å². The van der Waals surface area contributed by atoms with Crippen molar-refractivity contribution < 1.29 is 24.3 Å². The van der Waals surface area contributed by atoms with Gasteiger partial charge >= 0.3 is 0 Å². The van der Waals surface area contributed by atoms with Gasteiger partial charge in [-0.05, 0) is 42.9 Å². The van der Waals surface area contributed by atoms with Crippen LogP contribution in [0, 0.1) is 5.92 Å². The van der Waals surface area contributed by atoms with Gasteiger partial charge < -0.3 is 26.8 Å². The van der Waals surface area contributed by atoms with E-state index in [1.807, 2.05) is 13.8 Å². The maximum atomic E-state index is 13.3. The summed E-state index contributed by atoms with van der Waals surface area (Å²) in [5, 5.41) is 18.1. The van der Waals surface area contributed by atoms with Gasteiger partial charge in [-0.2, -0.15) is 0 Å². The fraction of sp³-hybridized carbons (Fsp3) is 0.630. The molecule has 36 heavy (non-hydrogen) atoms. The van der Waals surface area contributed by atoms with E-state index in [-0.39, 0.29) is 35.8 Å². The highest BCUT2D eigenvalue weighted by Gasteiger charge is 2.29. The molecule has 0 aromatic heterocycles. The minimum Gasteiger partial charge on any atom is -0.508 e. The van der Waals surface area contributed by atoms with Crippen LogP contribution in [0.1, 0.15) is 84.1 Å². The number of rotatable bonds is 18. The number of benzene rings is 1. The summed E-state index contributed by atoms with van der Waals surface area (Å²) in [6, 6.07) is 4.88. The number of unbranched alkanes of at least 4 members (excludes halogenated alkanes) is 4. The van der Waals surface area contributed by atoms with Crippen LogP contribution in [0.4, 0.5) is 0 Å². The Labute approximate surface area is 215 Å². The number of aromatic hydroxyl groups is 1. The van der Waals surface area contributed by atoms with Gasteiger partial charge in [-0.1, -0.05) is 58.6 Å². The van der Waals surface area contributed by atoms with Crippen molar-refractivity contribution in [2.45, 2.75) is 97.1 Å². The minimum absolute atomic E-state index is 0.113. The summed E-state index contributed by atoms with van der Waals surface area (Å²) in [4.78, 5) is 49.6. The van der Waals surface area contributed by atoms with Crippen molar-refractivity contribution in [3.8, 4) is 5.75 Å². The molecule has 0 unspecified atom stereocenters. The first kappa shape index (κ1) is 30.9. The van der Waals surface area contributed by atoms with Gasteiger partial charge in [0.25, 0.3) is 0 Å². The second-order valence-corrected chi connectivity index (χ2v) is 9.39. The van der Waals surface area contributed by atoms with Crippen LogP contribution in [-0.4, -0.2) is 47.4 Å². The van der Waals surface area contributed by atoms with E-state index in [0.717, 1.165) is 31.2 Å². The quantitative estimate of drug-likeness (QED) is 0.195. The molecule has 9 heteroatoms. The molecule has 0 aliphatic heterocycles. The summed E-state index contributed by atoms with van der Waals surface area (Å²) in [6.45, 7) is 6.34. The topological polar surface area (TPSA) is 151 Å². The van der Waals surface area contributed by atoms with Gasteiger partial charge in [0.05, 0.1) is 0 Å². The number of hydrogen-bond donors (Lipinski definition) is 5. The minimum atomic E-state index is -0.850. The van der Waals surface area contributed by atoms with Crippen molar-refractivity contribution in [3.63, 3.8) is 0 Å². The third kappa shape index (κ3) is 12.6. The summed E-state index contributed by atoms with van der Waals surface area (Å²) in [6.07, 6.45) is 6.39. The summed E-state index contributed by atoms with van der Waals surface area (Å²) in [5.74, 6) is -1.23. The monoisotopic (exact) mass is 504 g/mol. The zero-order chi connectivity index (χ0) is 26.9. The Bertz CT molecular complexity index is 828. The van der Waals surface area contributed by atoms with Gasteiger partial charge in [0.15, 0.2) is 0 Å². The fourth-order valence-electron chi connectivity index (χ4n) is 3.76. The van der Waals surface area contributed by atoms with E-state index >= 15 is 0 Å². The summed E-state index contributed by atoms with van der Waals surface area (Å²) < 4.78 is 0. The number of nitrogens with two attached hydrogens (primary N) is 1. The summed E-state index contributed by atoms with van der Waals surface area (Å²) in [5.41, 5.74) is 5.92. The Morgan fingerprint density at radius 3 is 2.17 bits per heavy atom. The van der Waals surface area contributed by atoms with E-state index in [1.165, 1.54) is 12.1 Å². The molecule has 4 amide bonds. The van der Waals surface area contributed by atoms with Crippen LogP contribution in [0.15, 0.2) is 24.3 Å². The summed E-state index contributed by atoms with van der Waals surface area (Å²) >= 11 is 0. The molecule has 1 rings (SSSR count). The predicted octanol–water partition coefficient (Wildman–Crippen LogP) is 2.69. The Morgan fingerprint density at radius 2 is 1.56 bits per heavy atom. The standard InChI is InChI=1S/C27H44N4O5/c1-4-6-8-12-24(34)30-22(18-20-13-15-21(32)16-14-20)26(35)31-25(19(3)5-2)27(36)29-17-10-7-9-11-23(28)33/h13-16,19,22,25,32H,4-12,17-18H2,1-3H3,(H2,28,33)(H,29,36)(H,30,34)(H,31,35)/t19-,22-,25-/m0/s1. The van der Waals surface area contributed by atoms with E-state index in [4.69, 9.17) is 5.73 Å². The lowest BCUT2D eigenvalue weighted by atomic mass is 9.97. The van der Waals surface area contributed by atoms with E-state index in [1.54, 1.807) is 12.1 Å². The number of hydrogen-bond acceptors (Lipinski definition) is 5. The highest BCUT2D eigenvalue weighted by atomic mass is 16.3. The van der Waals surface area contributed by atoms with Crippen LogP contribution >= 0.6 is 0 Å². The molecule has 0 fully saturated rings. The fourth-order valence-corrected chi connectivity index (χ4v) is 3.76. The average Bonchev–Trinajstić information content (AvgIpc) is 2.84. The Morgan fingerprint density at radius 1 is 0.889 bits per heavy atom. The van der Waals surface area contributed by atoms with Crippen molar-refractivity contribution in [1.82, 2.24) is 16.0 Å². The lowest BCUT2D eigenvalue weighted by Gasteiger charge is -2.26. The van der Waals surface area contributed by atoms with Crippen molar-refractivity contribution in [2.75, 3.05) is 6.54 Å². The maximum Gasteiger partial charge on any atom is 0.243 e. The molecular formula is C27H44N4O5. The zero-order valence-electron chi connectivity index (χ0n) is 22.0. The molecule has 0 aliphatic carbocycles. The Balaban J connectivity index is 2.84. The molecule has 0 radical (unpaired) electrons. The van der Waals surface area contributed by atoms with Gasteiger partial charge in [-0.25, -0.2) is 0 Å². The van der Waals surface area contributed by atoms with Crippen LogP contribution in [0.3, 0.4) is 0 Å². The Kier molecular flexibility index (Phi) is 14.9. The average molecular weight is 505 g/mol. The van der Waals surface area contributed by atoms with Gasteiger partial charge in [0, 0.05) is 25.8 Å². The molecule has 3 atom stereocenters. The normalized spacial score (nSPS) is 13.3. The Hall–Kier alpha value is -3.10. The maximum absolute atomic E-state index is 13.3. The third-order valence-corrected chi connectivity index (χ3v) is 6.23. The molecule has 9 nitrogen and oxygen atoms in total. The largest absolute Gasteiger partial charge is 0.508 e. The predicted molar refractivity (Wildman–Crippen MR) is 140 cm³/mol. The molecule has 0 bridgehead atoms. The number of phenolic OH excluding ortho intramolecular Hbond substituents is 1. The molecule has 1 aromatic carbocycles. The third-order valence-electron chi connectivity index (χ3n) is 6.23. The molecule has 0 saturated heterocycles. The molecule has 202 valence electrons. The van der Waals surface area contributed by atoms with Gasteiger partial charge in [0.2, 0.25) is 23.6 Å². The molecule has 6 N–H and O–H groups in total. The van der Waals surface area contributed by atoms with Crippen molar-refractivity contribution in [3.05, 3.63) is 29.8 Å². The first-order valence-corrected chi connectivity index (χ1v) is 13.1. The molecule has 1 aromatic rings. The first-order valence-electron chi connectivity index (χ1n) is 13.1. The van der Waals surface area contributed by atoms with E-state index < -0.39 is 18.0 Å². The van der Waals surface area contributed by atoms with Crippen LogP contribution in [0.25, 0.3) is 0 Å². The lowest BCUT2D eigenvalue weighted by molar-refractivity contribution is -0.133. The van der Waals surface area contributed by atoms with E-state index in [9.17, 15) is 24.3 Å². The highest BCUT2D eigenvalue weighted by molar-refractivity contribution is 5.92. The van der Waals surface area contributed by atoms with Crippen LogP contribution in [-0.2, 0) is 25.6 Å². The number of primary amides is 1. The van der Waals surface area contributed by atoms with Crippen molar-refractivity contribution in [2.24, 2.45) is 11.7 Å². The molecule has 0 aliphatic rings. The second kappa shape index (κ2) is 17.3. The number of carbonyl (C=O) groups is 4. The number of nitrogens with one attached hydrogen (secondary N) is 3.